The van der Waals surface area contributed by atoms with Gasteiger partial charge >= 0.3 is 0 Å². The molecule has 0 aliphatic carbocycles. The Morgan fingerprint density at radius 1 is 1.12 bits per heavy atom. The fourth-order valence-electron chi connectivity index (χ4n) is 2.86. The van der Waals surface area contributed by atoms with Gasteiger partial charge in [-0.3, -0.25) is 0 Å². The van der Waals surface area contributed by atoms with E-state index < -0.39 is 0 Å². The Hall–Kier alpha value is -1.16. The third kappa shape index (κ3) is 2.02. The first-order chi connectivity index (χ1) is 8.17. The number of likely N-dealkylation sites (tertiary alicyclic amines) is 1. The van der Waals surface area contributed by atoms with Crippen molar-refractivity contribution in [3.05, 3.63) is 18.0 Å². The Kier molecular flexibility index (Phi) is 2.54. The van der Waals surface area contributed by atoms with E-state index in [4.69, 9.17) is 0 Å². The average Bonchev–Trinajstić information content (AvgIpc) is 2.29. The highest BCUT2D eigenvalue weighted by Crippen LogP contribution is 2.41. The third-order valence-electron chi connectivity index (χ3n) is 4.15. The van der Waals surface area contributed by atoms with E-state index in [2.05, 4.69) is 26.8 Å². The molecule has 3 heterocycles. The zero-order chi connectivity index (χ0) is 11.9. The topological polar surface area (TPSA) is 32.3 Å². The molecule has 4 heteroatoms. The van der Waals surface area contributed by atoms with Crippen LogP contribution in [0.5, 0.6) is 0 Å². The van der Waals surface area contributed by atoms with Crippen LogP contribution in [0.25, 0.3) is 0 Å². The number of rotatable bonds is 1. The number of aryl methyl sites for hydroxylation is 1. The zero-order valence-corrected chi connectivity index (χ0v) is 10.7. The van der Waals surface area contributed by atoms with Gasteiger partial charge in [0, 0.05) is 30.9 Å². The minimum atomic E-state index is 0.556. The van der Waals surface area contributed by atoms with Crippen LogP contribution in [0.1, 0.15) is 18.4 Å². The minimum absolute atomic E-state index is 0.556. The van der Waals surface area contributed by atoms with Crippen LogP contribution in [0.4, 0.5) is 5.95 Å². The Morgan fingerprint density at radius 2 is 1.71 bits per heavy atom. The fraction of sp³-hybridized carbons (Fsp3) is 0.692. The number of hydrogen-bond donors (Lipinski definition) is 0. The van der Waals surface area contributed by atoms with E-state index >= 15 is 0 Å². The number of hydrogen-bond acceptors (Lipinski definition) is 4. The summed E-state index contributed by atoms with van der Waals surface area (Å²) in [5, 5.41) is 0. The Morgan fingerprint density at radius 3 is 2.29 bits per heavy atom. The molecule has 0 unspecified atom stereocenters. The number of nitrogens with zero attached hydrogens (tertiary/aromatic N) is 4. The second-order valence-electron chi connectivity index (χ2n) is 5.72. The van der Waals surface area contributed by atoms with Crippen LogP contribution in [-0.2, 0) is 0 Å². The summed E-state index contributed by atoms with van der Waals surface area (Å²) < 4.78 is 0. The van der Waals surface area contributed by atoms with E-state index in [1.165, 1.54) is 25.9 Å². The molecule has 4 nitrogen and oxygen atoms in total. The smallest absolute Gasteiger partial charge is 0.225 e. The lowest BCUT2D eigenvalue weighted by Crippen LogP contribution is -2.60. The number of anilines is 1. The van der Waals surface area contributed by atoms with Crippen molar-refractivity contribution in [3.63, 3.8) is 0 Å². The Bertz CT molecular complexity index is 384. The molecule has 0 N–H and O–H groups in total. The molecule has 2 aliphatic rings. The maximum atomic E-state index is 4.40. The summed E-state index contributed by atoms with van der Waals surface area (Å²) in [4.78, 5) is 13.5. The summed E-state index contributed by atoms with van der Waals surface area (Å²) in [5.74, 6) is 0.903. The van der Waals surface area contributed by atoms with Gasteiger partial charge in [0.2, 0.25) is 5.95 Å². The van der Waals surface area contributed by atoms with Crippen molar-refractivity contribution >= 4 is 5.95 Å². The molecule has 0 radical (unpaired) electrons. The van der Waals surface area contributed by atoms with Crippen LogP contribution in [0.15, 0.2) is 12.4 Å². The van der Waals surface area contributed by atoms with Crippen LogP contribution in [0, 0.1) is 12.3 Å². The highest BCUT2D eigenvalue weighted by atomic mass is 15.3. The molecule has 1 aromatic rings. The van der Waals surface area contributed by atoms with Gasteiger partial charge in [-0.2, -0.15) is 0 Å². The van der Waals surface area contributed by atoms with Crippen molar-refractivity contribution in [3.8, 4) is 0 Å². The lowest BCUT2D eigenvalue weighted by atomic mass is 9.72. The van der Waals surface area contributed by atoms with E-state index in [0.29, 0.717) is 5.41 Å². The van der Waals surface area contributed by atoms with Crippen LogP contribution < -0.4 is 4.90 Å². The lowest BCUT2D eigenvalue weighted by Gasteiger charge is -2.53. The van der Waals surface area contributed by atoms with Crippen molar-refractivity contribution in [2.75, 3.05) is 38.1 Å². The maximum absolute atomic E-state index is 4.40. The zero-order valence-electron chi connectivity index (χ0n) is 10.7. The number of piperidine rings is 1. The van der Waals surface area contributed by atoms with E-state index in [-0.39, 0.29) is 0 Å². The standard InChI is InChI=1S/C13H20N4/c1-11-7-14-12(15-8-11)17-9-13(10-17)3-5-16(2)6-4-13/h7-8H,3-6,9-10H2,1-2H3. The van der Waals surface area contributed by atoms with Crippen molar-refractivity contribution in [2.24, 2.45) is 5.41 Å². The monoisotopic (exact) mass is 232 g/mol. The predicted octanol–water partition coefficient (Wildman–Crippen LogP) is 1.32. The van der Waals surface area contributed by atoms with Gasteiger partial charge in [0.15, 0.2) is 0 Å². The SMILES string of the molecule is Cc1cnc(N2CC3(CCN(C)CC3)C2)nc1. The second-order valence-corrected chi connectivity index (χ2v) is 5.72. The molecule has 0 aromatic carbocycles. The molecule has 0 bridgehead atoms. The molecule has 92 valence electrons. The van der Waals surface area contributed by atoms with Gasteiger partial charge in [-0.1, -0.05) is 0 Å². The van der Waals surface area contributed by atoms with E-state index in [0.717, 1.165) is 24.6 Å². The largest absolute Gasteiger partial charge is 0.340 e. The van der Waals surface area contributed by atoms with E-state index in [9.17, 15) is 0 Å². The maximum Gasteiger partial charge on any atom is 0.225 e. The van der Waals surface area contributed by atoms with Gasteiger partial charge < -0.3 is 9.80 Å². The molecular formula is C13H20N4. The summed E-state index contributed by atoms with van der Waals surface area (Å²) in [6.07, 6.45) is 6.46. The first-order valence-electron chi connectivity index (χ1n) is 6.39. The van der Waals surface area contributed by atoms with Crippen LogP contribution >= 0.6 is 0 Å². The summed E-state index contributed by atoms with van der Waals surface area (Å²) in [5.41, 5.74) is 1.68. The first-order valence-corrected chi connectivity index (χ1v) is 6.39. The van der Waals surface area contributed by atoms with Gasteiger partial charge in [-0.05, 0) is 45.5 Å². The molecule has 0 saturated carbocycles. The van der Waals surface area contributed by atoms with Crippen molar-refractivity contribution < 1.29 is 0 Å². The van der Waals surface area contributed by atoms with E-state index in [1.807, 2.05) is 19.3 Å². The summed E-state index contributed by atoms with van der Waals surface area (Å²) in [6.45, 7) is 6.79. The van der Waals surface area contributed by atoms with Crippen molar-refractivity contribution in [2.45, 2.75) is 19.8 Å². The van der Waals surface area contributed by atoms with Crippen molar-refractivity contribution in [1.82, 2.24) is 14.9 Å². The molecule has 0 atom stereocenters. The highest BCUT2D eigenvalue weighted by molar-refractivity contribution is 5.36. The molecule has 1 spiro atoms. The molecule has 2 fully saturated rings. The van der Waals surface area contributed by atoms with Gasteiger partial charge in [0.1, 0.15) is 0 Å². The minimum Gasteiger partial charge on any atom is -0.340 e. The van der Waals surface area contributed by atoms with E-state index in [1.54, 1.807) is 0 Å². The summed E-state index contributed by atoms with van der Waals surface area (Å²) in [6, 6.07) is 0. The predicted molar refractivity (Wildman–Crippen MR) is 68.1 cm³/mol. The molecular weight excluding hydrogens is 212 g/mol. The van der Waals surface area contributed by atoms with Gasteiger partial charge in [0.05, 0.1) is 0 Å². The fourth-order valence-corrected chi connectivity index (χ4v) is 2.86. The van der Waals surface area contributed by atoms with Gasteiger partial charge in [-0.25, -0.2) is 9.97 Å². The van der Waals surface area contributed by atoms with Gasteiger partial charge in [-0.15, -0.1) is 0 Å². The molecule has 0 amide bonds. The van der Waals surface area contributed by atoms with Crippen LogP contribution in [0.2, 0.25) is 0 Å². The molecule has 3 rings (SSSR count). The lowest BCUT2D eigenvalue weighted by molar-refractivity contribution is 0.0894. The number of aromatic nitrogens is 2. The molecule has 17 heavy (non-hydrogen) atoms. The van der Waals surface area contributed by atoms with Crippen molar-refractivity contribution in [1.29, 1.82) is 0 Å². The van der Waals surface area contributed by atoms with Crippen LogP contribution in [0.3, 0.4) is 0 Å². The van der Waals surface area contributed by atoms with Crippen LogP contribution in [-0.4, -0.2) is 48.1 Å². The first kappa shape index (κ1) is 11.0. The average molecular weight is 232 g/mol. The quantitative estimate of drug-likeness (QED) is 0.731. The Labute approximate surface area is 103 Å². The second kappa shape index (κ2) is 3.95. The highest BCUT2D eigenvalue weighted by Gasteiger charge is 2.45. The molecule has 2 aliphatic heterocycles. The van der Waals surface area contributed by atoms with Gasteiger partial charge in [0.25, 0.3) is 0 Å². The Balaban J connectivity index is 1.62. The summed E-state index contributed by atoms with van der Waals surface area (Å²) in [7, 11) is 2.21. The normalized spacial score (nSPS) is 23.8. The molecule has 2 saturated heterocycles. The third-order valence-corrected chi connectivity index (χ3v) is 4.15. The summed E-state index contributed by atoms with van der Waals surface area (Å²) >= 11 is 0. The molecule has 1 aromatic heterocycles.